The number of epoxide rings is 1. The predicted octanol–water partition coefficient (Wildman–Crippen LogP) is 2.58. The SMILES string of the molecule is CC(C)C[C@H](NC(=O)[C@@H](Cc1ccccc1)NC(=O)[C@@H](CC(C)C)NC(=O)[C@@H](CCc1ccccc1)NC(=O)CN1CCOCC1)C(=O)[C@]1(C)CO1. The third-order valence-corrected chi connectivity index (χ3v) is 9.38. The molecule has 284 valence electrons. The molecule has 0 saturated carbocycles. The van der Waals surface area contributed by atoms with Gasteiger partial charge in [0.1, 0.15) is 23.7 Å². The molecule has 0 spiro atoms. The largest absolute Gasteiger partial charge is 0.379 e. The highest BCUT2D eigenvalue weighted by Gasteiger charge is 2.50. The van der Waals surface area contributed by atoms with E-state index in [0.29, 0.717) is 58.6 Å². The highest BCUT2D eigenvalue weighted by Crippen LogP contribution is 2.29. The number of ketones is 1. The van der Waals surface area contributed by atoms with Crippen molar-refractivity contribution in [1.82, 2.24) is 26.2 Å². The molecule has 0 aliphatic carbocycles. The summed E-state index contributed by atoms with van der Waals surface area (Å²) in [6, 6.07) is 15.3. The van der Waals surface area contributed by atoms with Crippen LogP contribution in [0.1, 0.15) is 65.0 Å². The second-order valence-electron chi connectivity index (χ2n) is 15.0. The number of carbonyl (C=O) groups excluding carboxylic acids is 5. The number of rotatable bonds is 20. The van der Waals surface area contributed by atoms with Gasteiger partial charge in [-0.1, -0.05) is 88.4 Å². The molecule has 2 aromatic carbocycles. The van der Waals surface area contributed by atoms with Gasteiger partial charge in [0.05, 0.1) is 32.4 Å². The summed E-state index contributed by atoms with van der Waals surface area (Å²) in [7, 11) is 0. The van der Waals surface area contributed by atoms with Crippen molar-refractivity contribution in [2.45, 2.75) is 96.5 Å². The maximum absolute atomic E-state index is 14.1. The van der Waals surface area contributed by atoms with E-state index in [2.05, 4.69) is 21.3 Å². The van der Waals surface area contributed by atoms with Crippen LogP contribution in [0.25, 0.3) is 0 Å². The molecule has 4 amide bonds. The summed E-state index contributed by atoms with van der Waals surface area (Å²) in [5, 5.41) is 11.7. The van der Waals surface area contributed by atoms with Crippen molar-refractivity contribution in [3.05, 3.63) is 71.8 Å². The van der Waals surface area contributed by atoms with Crippen LogP contribution >= 0.6 is 0 Å². The molecule has 2 saturated heterocycles. The highest BCUT2D eigenvalue weighted by atomic mass is 16.6. The number of ether oxygens (including phenoxy) is 2. The van der Waals surface area contributed by atoms with Crippen molar-refractivity contribution in [2.24, 2.45) is 11.8 Å². The van der Waals surface area contributed by atoms with E-state index in [4.69, 9.17) is 9.47 Å². The molecule has 2 heterocycles. The van der Waals surface area contributed by atoms with Gasteiger partial charge in [0.25, 0.3) is 0 Å². The monoisotopic (exact) mass is 719 g/mol. The van der Waals surface area contributed by atoms with Gasteiger partial charge >= 0.3 is 0 Å². The van der Waals surface area contributed by atoms with Crippen LogP contribution in [0.3, 0.4) is 0 Å². The number of Topliss-reactive ketones (excluding diaryl/α,β-unsaturated/α-hetero) is 1. The van der Waals surface area contributed by atoms with E-state index < -0.39 is 47.5 Å². The molecule has 52 heavy (non-hydrogen) atoms. The predicted molar refractivity (Wildman–Crippen MR) is 198 cm³/mol. The Bertz CT molecular complexity index is 1480. The van der Waals surface area contributed by atoms with Crippen LogP contribution in [-0.2, 0) is 46.3 Å². The zero-order valence-corrected chi connectivity index (χ0v) is 31.3. The first kappa shape index (κ1) is 40.6. The average Bonchev–Trinajstić information content (AvgIpc) is 3.87. The standard InChI is InChI=1S/C40H57N5O7/c1-27(2)22-32(36(47)40(5)26-52-40)42-39(50)34(24-30-14-10-7-11-15-30)44-38(49)33(23-28(3)4)43-37(48)31(17-16-29-12-8-6-9-13-29)41-35(46)25-45-18-20-51-21-19-45/h6-15,27-28,31-34H,16-26H2,1-5H3,(H,41,46)(H,42,50)(H,43,48)(H,44,49)/t31-,32+,33-,34-,40+/m1/s1. The summed E-state index contributed by atoms with van der Waals surface area (Å²) in [5.41, 5.74) is 0.915. The lowest BCUT2D eigenvalue weighted by atomic mass is 9.93. The van der Waals surface area contributed by atoms with Crippen LogP contribution in [0, 0.1) is 11.8 Å². The lowest BCUT2D eigenvalue weighted by Gasteiger charge is -2.29. The Morgan fingerprint density at radius 2 is 1.19 bits per heavy atom. The second-order valence-corrected chi connectivity index (χ2v) is 15.0. The first-order chi connectivity index (χ1) is 24.8. The van der Waals surface area contributed by atoms with Crippen LogP contribution < -0.4 is 21.3 Å². The number of hydrogen-bond donors (Lipinski definition) is 4. The molecule has 5 atom stereocenters. The number of nitrogens with zero attached hydrogens (tertiary/aromatic N) is 1. The highest BCUT2D eigenvalue weighted by molar-refractivity contribution is 5.98. The molecule has 0 radical (unpaired) electrons. The summed E-state index contributed by atoms with van der Waals surface area (Å²) >= 11 is 0. The molecule has 4 N–H and O–H groups in total. The molecule has 12 heteroatoms. The molecule has 0 bridgehead atoms. The Labute approximate surface area is 308 Å². The lowest BCUT2D eigenvalue weighted by molar-refractivity contribution is -0.135. The third kappa shape index (κ3) is 13.1. The number of hydrogen-bond acceptors (Lipinski definition) is 8. The van der Waals surface area contributed by atoms with Gasteiger partial charge in [0.2, 0.25) is 23.6 Å². The summed E-state index contributed by atoms with van der Waals surface area (Å²) in [6.45, 7) is 12.3. The Morgan fingerprint density at radius 3 is 1.77 bits per heavy atom. The molecule has 2 fully saturated rings. The van der Waals surface area contributed by atoms with Crippen molar-refractivity contribution in [3.63, 3.8) is 0 Å². The summed E-state index contributed by atoms with van der Waals surface area (Å²) in [6.07, 6.45) is 1.76. The van der Waals surface area contributed by atoms with E-state index in [9.17, 15) is 24.0 Å². The molecule has 0 unspecified atom stereocenters. The molecule has 2 aromatic rings. The zero-order chi connectivity index (χ0) is 37.7. The first-order valence-corrected chi connectivity index (χ1v) is 18.6. The van der Waals surface area contributed by atoms with E-state index in [1.54, 1.807) is 6.92 Å². The minimum Gasteiger partial charge on any atom is -0.379 e. The topological polar surface area (TPSA) is 158 Å². The Kier molecular flexibility index (Phi) is 15.3. The van der Waals surface area contributed by atoms with Crippen LogP contribution in [-0.4, -0.2) is 104 Å². The van der Waals surface area contributed by atoms with Gasteiger partial charge in [-0.25, -0.2) is 0 Å². The van der Waals surface area contributed by atoms with E-state index in [0.717, 1.165) is 11.1 Å². The van der Waals surface area contributed by atoms with Crippen molar-refractivity contribution in [3.8, 4) is 0 Å². The number of morpholine rings is 1. The zero-order valence-electron chi connectivity index (χ0n) is 31.3. The molecule has 2 aliphatic rings. The number of aryl methyl sites for hydroxylation is 1. The van der Waals surface area contributed by atoms with Crippen molar-refractivity contribution >= 4 is 29.4 Å². The fourth-order valence-electron chi connectivity index (χ4n) is 6.33. The van der Waals surface area contributed by atoms with Gasteiger partial charge in [0, 0.05) is 19.5 Å². The smallest absolute Gasteiger partial charge is 0.243 e. The lowest BCUT2D eigenvalue weighted by Crippen LogP contribution is -2.59. The molecular formula is C40H57N5O7. The van der Waals surface area contributed by atoms with Crippen LogP contribution in [0.5, 0.6) is 0 Å². The molecule has 0 aromatic heterocycles. The number of nitrogens with one attached hydrogen (secondary N) is 4. The summed E-state index contributed by atoms with van der Waals surface area (Å²) < 4.78 is 10.8. The minimum absolute atomic E-state index is 0.0171. The van der Waals surface area contributed by atoms with Gasteiger partial charge < -0.3 is 30.7 Å². The summed E-state index contributed by atoms with van der Waals surface area (Å²) in [5.74, 6) is -1.83. The molecular weight excluding hydrogens is 662 g/mol. The average molecular weight is 720 g/mol. The van der Waals surface area contributed by atoms with Crippen molar-refractivity contribution < 1.29 is 33.4 Å². The Hall–Kier alpha value is -4.13. The fourth-order valence-corrected chi connectivity index (χ4v) is 6.33. The van der Waals surface area contributed by atoms with Gasteiger partial charge in [-0.3, -0.25) is 28.9 Å². The summed E-state index contributed by atoms with van der Waals surface area (Å²) in [4.78, 5) is 70.5. The van der Waals surface area contributed by atoms with E-state index in [1.165, 1.54) is 0 Å². The maximum Gasteiger partial charge on any atom is 0.243 e. The van der Waals surface area contributed by atoms with E-state index in [1.807, 2.05) is 93.3 Å². The van der Waals surface area contributed by atoms with E-state index >= 15 is 0 Å². The van der Waals surface area contributed by atoms with Gasteiger partial charge in [-0.05, 0) is 55.6 Å². The number of benzene rings is 2. The quantitative estimate of drug-likeness (QED) is 0.152. The Morgan fingerprint density at radius 1 is 0.692 bits per heavy atom. The van der Waals surface area contributed by atoms with Crippen LogP contribution in [0.4, 0.5) is 0 Å². The van der Waals surface area contributed by atoms with Crippen molar-refractivity contribution in [2.75, 3.05) is 39.5 Å². The van der Waals surface area contributed by atoms with Gasteiger partial charge in [0.15, 0.2) is 5.78 Å². The number of amides is 4. The van der Waals surface area contributed by atoms with Gasteiger partial charge in [-0.2, -0.15) is 0 Å². The van der Waals surface area contributed by atoms with Crippen LogP contribution in [0.2, 0.25) is 0 Å². The molecule has 2 aliphatic heterocycles. The second kappa shape index (κ2) is 19.6. The third-order valence-electron chi connectivity index (χ3n) is 9.38. The Balaban J connectivity index is 1.51. The van der Waals surface area contributed by atoms with E-state index in [-0.39, 0.29) is 36.5 Å². The molecule has 4 rings (SSSR count). The number of carbonyl (C=O) groups is 5. The minimum atomic E-state index is -1.03. The maximum atomic E-state index is 14.1. The van der Waals surface area contributed by atoms with Crippen molar-refractivity contribution in [1.29, 1.82) is 0 Å². The normalized spacial score (nSPS) is 19.6. The first-order valence-electron chi connectivity index (χ1n) is 18.6. The fraction of sp³-hybridized carbons (Fsp3) is 0.575. The van der Waals surface area contributed by atoms with Crippen LogP contribution in [0.15, 0.2) is 60.7 Å². The molecule has 12 nitrogen and oxygen atoms in total. The van der Waals surface area contributed by atoms with Gasteiger partial charge in [-0.15, -0.1) is 0 Å².